The summed E-state index contributed by atoms with van der Waals surface area (Å²) in [6.45, 7) is 0.964. The van der Waals surface area contributed by atoms with Gasteiger partial charge in [0.1, 0.15) is 0 Å². The maximum Gasteiger partial charge on any atom is 0.306 e. The van der Waals surface area contributed by atoms with Gasteiger partial charge in [-0.15, -0.1) is 0 Å². The van der Waals surface area contributed by atoms with Crippen LogP contribution in [0.5, 0.6) is 0 Å². The van der Waals surface area contributed by atoms with Crippen LogP contribution in [0.3, 0.4) is 0 Å². The highest BCUT2D eigenvalue weighted by Crippen LogP contribution is 2.33. The smallest absolute Gasteiger partial charge is 0.306 e. The Morgan fingerprint density at radius 1 is 1.10 bits per heavy atom. The lowest BCUT2D eigenvalue weighted by Gasteiger charge is -2.32. The number of aliphatic hydroxyl groups excluding tert-OH is 1. The van der Waals surface area contributed by atoms with Crippen molar-refractivity contribution in [3.8, 4) is 0 Å². The summed E-state index contributed by atoms with van der Waals surface area (Å²) < 4.78 is 0. The van der Waals surface area contributed by atoms with E-state index in [1.165, 1.54) is 0 Å². The number of amides is 1. The molecule has 2 rings (SSSR count). The molecule has 1 saturated heterocycles. The van der Waals surface area contributed by atoms with Crippen molar-refractivity contribution in [3.05, 3.63) is 0 Å². The summed E-state index contributed by atoms with van der Waals surface area (Å²) in [4.78, 5) is 25.7. The topological polar surface area (TPSA) is 77.8 Å². The fourth-order valence-electron chi connectivity index (χ4n) is 3.63. The van der Waals surface area contributed by atoms with E-state index in [0.717, 1.165) is 45.1 Å². The molecule has 20 heavy (non-hydrogen) atoms. The van der Waals surface area contributed by atoms with Crippen molar-refractivity contribution < 1.29 is 19.8 Å². The molecule has 1 aliphatic carbocycles. The Hall–Kier alpha value is -1.10. The Kier molecular flexibility index (Phi) is 5.40. The summed E-state index contributed by atoms with van der Waals surface area (Å²) in [5, 5.41) is 18.0. The van der Waals surface area contributed by atoms with Gasteiger partial charge in [0.2, 0.25) is 5.91 Å². The molecule has 3 atom stereocenters. The lowest BCUT2D eigenvalue weighted by Crippen LogP contribution is -2.41. The molecule has 1 amide bonds. The predicted octanol–water partition coefficient (Wildman–Crippen LogP) is 1.64. The summed E-state index contributed by atoms with van der Waals surface area (Å²) in [7, 11) is 0. The maximum absolute atomic E-state index is 12.6. The Labute approximate surface area is 120 Å². The molecule has 0 aromatic rings. The van der Waals surface area contributed by atoms with Gasteiger partial charge >= 0.3 is 5.97 Å². The van der Waals surface area contributed by atoms with E-state index < -0.39 is 5.97 Å². The van der Waals surface area contributed by atoms with Gasteiger partial charge in [-0.1, -0.05) is 6.42 Å². The fraction of sp³-hybridized carbons (Fsp3) is 0.867. The third-order valence-electron chi connectivity index (χ3n) is 4.73. The van der Waals surface area contributed by atoms with Crippen molar-refractivity contribution in [3.63, 3.8) is 0 Å². The molecule has 0 radical (unpaired) electrons. The van der Waals surface area contributed by atoms with E-state index >= 15 is 0 Å². The molecule has 0 bridgehead atoms. The lowest BCUT2D eigenvalue weighted by atomic mass is 9.80. The molecule has 1 saturated carbocycles. The van der Waals surface area contributed by atoms with Gasteiger partial charge in [0.05, 0.1) is 5.92 Å². The fourth-order valence-corrected chi connectivity index (χ4v) is 3.63. The van der Waals surface area contributed by atoms with Crippen LogP contribution < -0.4 is 0 Å². The number of carbonyl (C=O) groups excluding carboxylic acids is 1. The number of aliphatic carboxylic acids is 1. The van der Waals surface area contributed by atoms with Crippen molar-refractivity contribution in [2.45, 2.75) is 57.4 Å². The second kappa shape index (κ2) is 7.07. The van der Waals surface area contributed by atoms with Crippen LogP contribution in [0.4, 0.5) is 0 Å². The van der Waals surface area contributed by atoms with Crippen LogP contribution >= 0.6 is 0 Å². The minimum atomic E-state index is -0.763. The van der Waals surface area contributed by atoms with Crippen molar-refractivity contribution in [1.29, 1.82) is 0 Å². The summed E-state index contributed by atoms with van der Waals surface area (Å²) in [6.07, 6.45) is 6.49. The first-order valence-corrected chi connectivity index (χ1v) is 7.77. The number of hydrogen-bond acceptors (Lipinski definition) is 3. The van der Waals surface area contributed by atoms with Crippen LogP contribution in [0.1, 0.15) is 51.4 Å². The van der Waals surface area contributed by atoms with Gasteiger partial charge in [-0.05, 0) is 44.9 Å². The summed E-state index contributed by atoms with van der Waals surface area (Å²) in [5.74, 6) is -1.08. The highest BCUT2D eigenvalue weighted by molar-refractivity contribution is 5.80. The summed E-state index contributed by atoms with van der Waals surface area (Å²) in [6, 6.07) is 0.250. The van der Waals surface area contributed by atoms with E-state index in [1.807, 2.05) is 4.90 Å². The number of carboxylic acids is 1. The second-order valence-corrected chi connectivity index (χ2v) is 6.09. The average molecular weight is 283 g/mol. The number of aliphatic hydroxyl groups is 1. The maximum atomic E-state index is 12.6. The van der Waals surface area contributed by atoms with Crippen LogP contribution in [-0.2, 0) is 9.59 Å². The zero-order valence-electron chi connectivity index (χ0n) is 12.0. The minimum absolute atomic E-state index is 0.112. The van der Waals surface area contributed by atoms with Gasteiger partial charge in [0, 0.05) is 25.1 Å². The van der Waals surface area contributed by atoms with Crippen LogP contribution in [-0.4, -0.2) is 46.2 Å². The SMILES string of the molecule is O=C(O)C1CCCC(C(=O)N2CCCC2CCCO)C1. The molecule has 2 N–H and O–H groups in total. The first-order valence-electron chi connectivity index (χ1n) is 7.77. The zero-order chi connectivity index (χ0) is 14.5. The molecule has 5 heteroatoms. The molecule has 0 aromatic heterocycles. The number of nitrogens with zero attached hydrogens (tertiary/aromatic N) is 1. The second-order valence-electron chi connectivity index (χ2n) is 6.09. The molecule has 3 unspecified atom stereocenters. The van der Waals surface area contributed by atoms with Gasteiger partial charge in [-0.25, -0.2) is 0 Å². The van der Waals surface area contributed by atoms with E-state index in [2.05, 4.69) is 0 Å². The van der Waals surface area contributed by atoms with Crippen LogP contribution in [0.15, 0.2) is 0 Å². The number of carbonyl (C=O) groups is 2. The molecular formula is C15H25NO4. The van der Waals surface area contributed by atoms with Crippen molar-refractivity contribution in [2.75, 3.05) is 13.2 Å². The van der Waals surface area contributed by atoms with Gasteiger partial charge in [-0.3, -0.25) is 9.59 Å². The minimum Gasteiger partial charge on any atom is -0.481 e. The third kappa shape index (κ3) is 3.51. The normalized spacial score (nSPS) is 30.4. The summed E-state index contributed by atoms with van der Waals surface area (Å²) >= 11 is 0. The number of rotatable bonds is 5. The number of carboxylic acid groups (broad SMARTS) is 1. The third-order valence-corrected chi connectivity index (χ3v) is 4.73. The molecule has 2 fully saturated rings. The molecule has 1 aliphatic heterocycles. The predicted molar refractivity (Wildman–Crippen MR) is 74.1 cm³/mol. The van der Waals surface area contributed by atoms with Crippen LogP contribution in [0.2, 0.25) is 0 Å². The van der Waals surface area contributed by atoms with Crippen LogP contribution in [0, 0.1) is 11.8 Å². The van der Waals surface area contributed by atoms with Gasteiger partial charge < -0.3 is 15.1 Å². The first kappa shape index (κ1) is 15.3. The standard InChI is InChI=1S/C15H25NO4/c17-9-3-7-13-6-2-8-16(13)14(18)11-4-1-5-12(10-11)15(19)20/h11-13,17H,1-10H2,(H,19,20). The highest BCUT2D eigenvalue weighted by atomic mass is 16.4. The Bertz CT molecular complexity index is 358. The molecular weight excluding hydrogens is 258 g/mol. The Balaban J connectivity index is 1.93. The summed E-state index contributed by atoms with van der Waals surface area (Å²) in [5.41, 5.74) is 0. The quantitative estimate of drug-likeness (QED) is 0.804. The largest absolute Gasteiger partial charge is 0.481 e. The van der Waals surface area contributed by atoms with Gasteiger partial charge in [-0.2, -0.15) is 0 Å². The van der Waals surface area contributed by atoms with E-state index in [-0.39, 0.29) is 30.4 Å². The van der Waals surface area contributed by atoms with Gasteiger partial charge in [0.15, 0.2) is 0 Å². The molecule has 114 valence electrons. The molecule has 1 heterocycles. The van der Waals surface area contributed by atoms with Crippen LogP contribution in [0.25, 0.3) is 0 Å². The molecule has 5 nitrogen and oxygen atoms in total. The number of hydrogen-bond donors (Lipinski definition) is 2. The molecule has 0 spiro atoms. The van der Waals surface area contributed by atoms with Crippen molar-refractivity contribution in [1.82, 2.24) is 4.90 Å². The lowest BCUT2D eigenvalue weighted by molar-refractivity contribution is -0.145. The van der Waals surface area contributed by atoms with E-state index in [4.69, 9.17) is 10.2 Å². The van der Waals surface area contributed by atoms with E-state index in [9.17, 15) is 9.59 Å². The number of likely N-dealkylation sites (tertiary alicyclic amines) is 1. The highest BCUT2D eigenvalue weighted by Gasteiger charge is 2.36. The van der Waals surface area contributed by atoms with E-state index in [0.29, 0.717) is 12.8 Å². The first-order chi connectivity index (χ1) is 9.63. The monoisotopic (exact) mass is 283 g/mol. The van der Waals surface area contributed by atoms with Crippen molar-refractivity contribution in [2.24, 2.45) is 11.8 Å². The van der Waals surface area contributed by atoms with Crippen molar-refractivity contribution >= 4 is 11.9 Å². The Morgan fingerprint density at radius 2 is 1.85 bits per heavy atom. The average Bonchev–Trinajstić information content (AvgIpc) is 2.92. The molecule has 2 aliphatic rings. The Morgan fingerprint density at radius 3 is 2.55 bits per heavy atom. The van der Waals surface area contributed by atoms with E-state index in [1.54, 1.807) is 0 Å². The zero-order valence-corrected chi connectivity index (χ0v) is 12.0. The van der Waals surface area contributed by atoms with Gasteiger partial charge in [0.25, 0.3) is 0 Å². The molecule has 0 aromatic carbocycles.